The Balaban J connectivity index is 1.90. The lowest BCUT2D eigenvalue weighted by Crippen LogP contribution is -2.21. The molecule has 1 amide bonds. The third-order valence-electron chi connectivity index (χ3n) is 2.21. The van der Waals surface area contributed by atoms with Crippen LogP contribution in [0.3, 0.4) is 0 Å². The molecule has 0 radical (unpaired) electrons. The van der Waals surface area contributed by atoms with Crippen LogP contribution in [-0.4, -0.2) is 15.7 Å². The predicted molar refractivity (Wildman–Crippen MR) is 57.8 cm³/mol. The van der Waals surface area contributed by atoms with Crippen molar-refractivity contribution in [1.82, 2.24) is 15.1 Å². The minimum absolute atomic E-state index is 0.214. The summed E-state index contributed by atoms with van der Waals surface area (Å²) in [5.41, 5.74) is 0.974. The van der Waals surface area contributed by atoms with Crippen molar-refractivity contribution < 1.29 is 9.21 Å². The molecule has 0 aliphatic carbocycles. The van der Waals surface area contributed by atoms with E-state index in [1.54, 1.807) is 18.3 Å². The second-order valence-corrected chi connectivity index (χ2v) is 3.36. The van der Waals surface area contributed by atoms with Crippen LogP contribution in [-0.2, 0) is 13.1 Å². The van der Waals surface area contributed by atoms with Gasteiger partial charge in [0, 0.05) is 24.8 Å². The average molecular weight is 219 g/mol. The molecule has 5 nitrogen and oxygen atoms in total. The summed E-state index contributed by atoms with van der Waals surface area (Å²) < 4.78 is 6.79. The Labute approximate surface area is 93.1 Å². The van der Waals surface area contributed by atoms with E-state index >= 15 is 0 Å². The van der Waals surface area contributed by atoms with E-state index in [0.29, 0.717) is 12.3 Å². The molecular formula is C11H13N3O2. The largest absolute Gasteiger partial charge is 0.459 e. The van der Waals surface area contributed by atoms with E-state index < -0.39 is 0 Å². The Hall–Kier alpha value is -2.04. The molecule has 0 atom stereocenters. The van der Waals surface area contributed by atoms with Crippen molar-refractivity contribution in [2.24, 2.45) is 0 Å². The zero-order valence-electron chi connectivity index (χ0n) is 9.01. The highest BCUT2D eigenvalue weighted by atomic mass is 16.3. The number of carbonyl (C=O) groups excluding carboxylic acids is 1. The second kappa shape index (κ2) is 4.65. The van der Waals surface area contributed by atoms with Gasteiger partial charge in [-0.15, -0.1) is 0 Å². The van der Waals surface area contributed by atoms with Gasteiger partial charge in [-0.1, -0.05) is 0 Å². The fourth-order valence-corrected chi connectivity index (χ4v) is 1.35. The van der Waals surface area contributed by atoms with E-state index in [-0.39, 0.29) is 5.91 Å². The molecule has 0 fully saturated rings. The molecule has 5 heteroatoms. The second-order valence-electron chi connectivity index (χ2n) is 3.36. The molecule has 1 N–H and O–H groups in total. The normalized spacial score (nSPS) is 10.3. The summed E-state index contributed by atoms with van der Waals surface area (Å²) in [7, 11) is 0. The first-order chi connectivity index (χ1) is 7.79. The highest BCUT2D eigenvalue weighted by Gasteiger charge is 2.07. The molecule has 84 valence electrons. The van der Waals surface area contributed by atoms with Gasteiger partial charge >= 0.3 is 0 Å². The molecular weight excluding hydrogens is 206 g/mol. The van der Waals surface area contributed by atoms with E-state index in [1.165, 1.54) is 6.26 Å². The lowest BCUT2D eigenvalue weighted by Gasteiger charge is -1.99. The summed E-state index contributed by atoms with van der Waals surface area (Å²) in [5, 5.41) is 6.87. The molecule has 2 rings (SSSR count). The third-order valence-corrected chi connectivity index (χ3v) is 2.21. The minimum atomic E-state index is -0.214. The standard InChI is InChI=1S/C11H13N3O2/c1-2-14-8-9(7-13-14)6-12-11(15)10-4-3-5-16-10/h3-5,7-8H,2,6H2,1H3,(H,12,15). The number of amides is 1. The van der Waals surface area contributed by atoms with Gasteiger partial charge in [0.25, 0.3) is 5.91 Å². The van der Waals surface area contributed by atoms with Crippen LogP contribution in [0.5, 0.6) is 0 Å². The number of aromatic nitrogens is 2. The van der Waals surface area contributed by atoms with Crippen LogP contribution in [0.4, 0.5) is 0 Å². The molecule has 0 aliphatic heterocycles. The summed E-state index contributed by atoms with van der Waals surface area (Å²) in [5.74, 6) is 0.108. The molecule has 0 aliphatic rings. The van der Waals surface area contributed by atoms with E-state index in [2.05, 4.69) is 10.4 Å². The first-order valence-corrected chi connectivity index (χ1v) is 5.12. The van der Waals surface area contributed by atoms with Crippen molar-refractivity contribution in [2.75, 3.05) is 0 Å². The fraction of sp³-hybridized carbons (Fsp3) is 0.273. The van der Waals surface area contributed by atoms with Crippen LogP contribution in [0.2, 0.25) is 0 Å². The maximum atomic E-state index is 11.5. The van der Waals surface area contributed by atoms with Crippen LogP contribution in [0.1, 0.15) is 23.0 Å². The molecule has 0 saturated carbocycles. The van der Waals surface area contributed by atoms with Gasteiger partial charge in [-0.3, -0.25) is 9.48 Å². The van der Waals surface area contributed by atoms with Crippen molar-refractivity contribution in [3.63, 3.8) is 0 Å². The van der Waals surface area contributed by atoms with Gasteiger partial charge in [0.2, 0.25) is 0 Å². The number of rotatable bonds is 4. The number of furan rings is 1. The maximum absolute atomic E-state index is 11.5. The Morgan fingerprint density at radius 1 is 1.62 bits per heavy atom. The number of nitrogens with zero attached hydrogens (tertiary/aromatic N) is 2. The maximum Gasteiger partial charge on any atom is 0.287 e. The van der Waals surface area contributed by atoms with E-state index in [0.717, 1.165) is 12.1 Å². The Kier molecular flexibility index (Phi) is 3.05. The SMILES string of the molecule is CCn1cc(CNC(=O)c2ccco2)cn1. The van der Waals surface area contributed by atoms with Gasteiger partial charge in [0.15, 0.2) is 5.76 Å². The van der Waals surface area contributed by atoms with Crippen molar-refractivity contribution in [3.05, 3.63) is 42.1 Å². The first kappa shape index (κ1) is 10.5. The zero-order valence-corrected chi connectivity index (χ0v) is 9.01. The van der Waals surface area contributed by atoms with Crippen molar-refractivity contribution in [2.45, 2.75) is 20.0 Å². The summed E-state index contributed by atoms with van der Waals surface area (Å²) in [6.45, 7) is 3.30. The van der Waals surface area contributed by atoms with Crippen LogP contribution >= 0.6 is 0 Å². The zero-order chi connectivity index (χ0) is 11.4. The molecule has 0 unspecified atom stereocenters. The molecule has 0 bridgehead atoms. The summed E-state index contributed by atoms with van der Waals surface area (Å²) in [4.78, 5) is 11.5. The van der Waals surface area contributed by atoms with Crippen molar-refractivity contribution >= 4 is 5.91 Å². The van der Waals surface area contributed by atoms with Crippen LogP contribution in [0.25, 0.3) is 0 Å². The lowest BCUT2D eigenvalue weighted by molar-refractivity contribution is 0.0923. The summed E-state index contributed by atoms with van der Waals surface area (Å²) in [6.07, 6.45) is 5.12. The van der Waals surface area contributed by atoms with E-state index in [9.17, 15) is 4.79 Å². The highest BCUT2D eigenvalue weighted by molar-refractivity contribution is 5.91. The average Bonchev–Trinajstić information content (AvgIpc) is 2.96. The van der Waals surface area contributed by atoms with Crippen LogP contribution in [0.15, 0.2) is 35.2 Å². The molecule has 16 heavy (non-hydrogen) atoms. The van der Waals surface area contributed by atoms with Crippen molar-refractivity contribution in [1.29, 1.82) is 0 Å². The molecule has 0 aromatic carbocycles. The fourth-order valence-electron chi connectivity index (χ4n) is 1.35. The van der Waals surface area contributed by atoms with Crippen LogP contribution < -0.4 is 5.32 Å². The predicted octanol–water partition coefficient (Wildman–Crippen LogP) is 1.43. The molecule has 2 heterocycles. The molecule has 0 spiro atoms. The van der Waals surface area contributed by atoms with Gasteiger partial charge in [-0.25, -0.2) is 0 Å². The lowest BCUT2D eigenvalue weighted by atomic mass is 10.3. The monoisotopic (exact) mass is 219 g/mol. The van der Waals surface area contributed by atoms with E-state index in [1.807, 2.05) is 17.8 Å². The summed E-state index contributed by atoms with van der Waals surface area (Å²) >= 11 is 0. The number of carbonyl (C=O) groups is 1. The Morgan fingerprint density at radius 2 is 2.50 bits per heavy atom. The number of nitrogens with one attached hydrogen (secondary N) is 1. The van der Waals surface area contributed by atoms with Gasteiger partial charge in [0.05, 0.1) is 12.5 Å². The van der Waals surface area contributed by atoms with Crippen LogP contribution in [0, 0.1) is 0 Å². The minimum Gasteiger partial charge on any atom is -0.459 e. The smallest absolute Gasteiger partial charge is 0.287 e. The molecule has 2 aromatic rings. The third kappa shape index (κ3) is 2.31. The van der Waals surface area contributed by atoms with Gasteiger partial charge in [-0.2, -0.15) is 5.10 Å². The molecule has 0 saturated heterocycles. The molecule has 2 aromatic heterocycles. The number of hydrogen-bond donors (Lipinski definition) is 1. The van der Waals surface area contributed by atoms with E-state index in [4.69, 9.17) is 4.42 Å². The van der Waals surface area contributed by atoms with Gasteiger partial charge in [-0.05, 0) is 19.1 Å². The quantitative estimate of drug-likeness (QED) is 0.846. The first-order valence-electron chi connectivity index (χ1n) is 5.12. The summed E-state index contributed by atoms with van der Waals surface area (Å²) in [6, 6.07) is 3.31. The number of hydrogen-bond acceptors (Lipinski definition) is 3. The van der Waals surface area contributed by atoms with Gasteiger partial charge in [0.1, 0.15) is 0 Å². The Morgan fingerprint density at radius 3 is 3.12 bits per heavy atom. The number of aryl methyl sites for hydroxylation is 1. The Bertz CT molecular complexity index is 459. The van der Waals surface area contributed by atoms with Crippen molar-refractivity contribution in [3.8, 4) is 0 Å². The highest BCUT2D eigenvalue weighted by Crippen LogP contribution is 2.01. The topological polar surface area (TPSA) is 60.1 Å². The van der Waals surface area contributed by atoms with Gasteiger partial charge < -0.3 is 9.73 Å².